The third-order valence-corrected chi connectivity index (χ3v) is 22.7. The van der Waals surface area contributed by atoms with Crippen LogP contribution < -0.4 is 5.46 Å². The van der Waals surface area contributed by atoms with Gasteiger partial charge in [0.15, 0.2) is 0 Å². The number of rotatable bonds is 6. The first-order chi connectivity index (χ1) is 46.8. The van der Waals surface area contributed by atoms with E-state index in [0.29, 0.717) is 5.46 Å². The highest BCUT2D eigenvalue weighted by molar-refractivity contribution is 9.11. The smallest absolute Gasteiger partial charge is 0.423 e. The van der Waals surface area contributed by atoms with Crippen LogP contribution in [0.2, 0.25) is 0 Å². The minimum Gasteiger partial charge on any atom is -0.423 e. The number of hydrogen-bond donors (Lipinski definition) is 2. The van der Waals surface area contributed by atoms with Gasteiger partial charge in [-0.05, 0) is 152 Å². The summed E-state index contributed by atoms with van der Waals surface area (Å²) in [7, 11) is -1.49. The van der Waals surface area contributed by atoms with Crippen LogP contribution in [-0.4, -0.2) is 40.8 Å². The first-order valence-electron chi connectivity index (χ1n) is 31.2. The van der Waals surface area contributed by atoms with Gasteiger partial charge < -0.3 is 23.7 Å². The Morgan fingerprint density at radius 3 is 1.01 bits per heavy atom. The molecule has 12 aromatic carbocycles. The van der Waals surface area contributed by atoms with Crippen LogP contribution in [0, 0.1) is 0 Å². The lowest BCUT2D eigenvalue weighted by Crippen LogP contribution is -2.29. The first-order valence-corrected chi connectivity index (χ1v) is 35.2. The number of hydrogen-bond acceptors (Lipinski definition) is 7. The molecule has 0 aliphatic heterocycles. The molecule has 8 aromatic heterocycles. The molecule has 0 saturated carbocycles. The number of fused-ring (bicyclic) bond motifs is 21. The van der Waals surface area contributed by atoms with Gasteiger partial charge in [-0.2, -0.15) is 0 Å². The molecular formula is C83H54BBr2N5O2S3. The van der Waals surface area contributed by atoms with Crippen molar-refractivity contribution >= 4 is 204 Å². The molecule has 20 aromatic rings. The molecule has 0 amide bonds. The van der Waals surface area contributed by atoms with Crippen molar-refractivity contribution in [1.29, 1.82) is 0 Å². The van der Waals surface area contributed by atoms with Crippen molar-refractivity contribution in [2.24, 2.45) is 0 Å². The molecule has 0 aliphatic rings. The number of benzene rings is 12. The van der Waals surface area contributed by atoms with E-state index in [4.69, 9.17) is 4.98 Å². The average Bonchev–Trinajstić information content (AvgIpc) is 1.58. The number of aromatic nitrogens is 5. The summed E-state index contributed by atoms with van der Waals surface area (Å²) in [4.78, 5) is 8.71. The Hall–Kier alpha value is -10.1. The van der Waals surface area contributed by atoms with Crippen molar-refractivity contribution in [3.8, 4) is 39.3 Å². The Bertz CT molecular complexity index is 6210. The van der Waals surface area contributed by atoms with Crippen LogP contribution in [-0.2, 0) is 0 Å². The minimum atomic E-state index is -1.49. The fourth-order valence-corrected chi connectivity index (χ4v) is 19.0. The molecule has 0 atom stereocenters. The summed E-state index contributed by atoms with van der Waals surface area (Å²) in [5, 5.41) is 34.8. The number of nitrogens with zero attached hydrogens (tertiary/aromatic N) is 5. The highest BCUT2D eigenvalue weighted by Crippen LogP contribution is 2.47. The lowest BCUT2D eigenvalue weighted by atomic mass is 9.80. The van der Waals surface area contributed by atoms with Crippen LogP contribution in [0.25, 0.3) is 165 Å². The Balaban J connectivity index is 0.000000152. The second kappa shape index (κ2) is 24.3. The van der Waals surface area contributed by atoms with Crippen LogP contribution in [0.1, 0.15) is 7.43 Å². The van der Waals surface area contributed by atoms with Gasteiger partial charge in [0, 0.05) is 155 Å². The van der Waals surface area contributed by atoms with Crippen molar-refractivity contribution < 1.29 is 10.0 Å². The lowest BCUT2D eigenvalue weighted by Gasteiger charge is -2.12. The molecular weight excluding hydrogens is 1370 g/mol. The quantitative estimate of drug-likeness (QED) is 0.163. The molecule has 13 heteroatoms. The Labute approximate surface area is 580 Å². The largest absolute Gasteiger partial charge is 0.488 e. The summed E-state index contributed by atoms with van der Waals surface area (Å²) in [6.07, 6.45) is 7.46. The summed E-state index contributed by atoms with van der Waals surface area (Å²) < 4.78 is 17.0. The van der Waals surface area contributed by atoms with Gasteiger partial charge in [0.1, 0.15) is 0 Å². The van der Waals surface area contributed by atoms with Crippen LogP contribution in [0.3, 0.4) is 0 Å². The lowest BCUT2D eigenvalue weighted by molar-refractivity contribution is 0.425. The van der Waals surface area contributed by atoms with Crippen LogP contribution >= 0.6 is 65.9 Å². The summed E-state index contributed by atoms with van der Waals surface area (Å²) in [6.45, 7) is 0. The second-order valence-corrected chi connectivity index (χ2v) is 28.7. The van der Waals surface area contributed by atoms with Gasteiger partial charge >= 0.3 is 7.12 Å². The van der Waals surface area contributed by atoms with E-state index in [2.05, 4.69) is 281 Å². The molecule has 458 valence electrons. The zero-order valence-corrected chi connectivity index (χ0v) is 56.0. The number of thiophene rings is 3. The van der Waals surface area contributed by atoms with E-state index in [-0.39, 0.29) is 7.43 Å². The van der Waals surface area contributed by atoms with E-state index < -0.39 is 7.12 Å². The maximum atomic E-state index is 9.64. The zero-order valence-electron chi connectivity index (χ0n) is 50.4. The molecule has 7 nitrogen and oxygen atoms in total. The monoisotopic (exact) mass is 1420 g/mol. The molecule has 0 bridgehead atoms. The molecule has 0 saturated heterocycles. The fourth-order valence-electron chi connectivity index (χ4n) is 14.2. The highest BCUT2D eigenvalue weighted by atomic mass is 79.9. The van der Waals surface area contributed by atoms with Crippen molar-refractivity contribution in [2.75, 3.05) is 0 Å². The molecule has 0 fully saturated rings. The molecule has 8 heterocycles. The molecule has 0 aliphatic carbocycles. The van der Waals surface area contributed by atoms with E-state index >= 15 is 0 Å². The van der Waals surface area contributed by atoms with Gasteiger partial charge in [-0.1, -0.05) is 171 Å². The molecule has 0 radical (unpaired) electrons. The Morgan fingerprint density at radius 2 is 0.635 bits per heavy atom. The molecule has 0 spiro atoms. The number of halogens is 2. The maximum Gasteiger partial charge on any atom is 0.488 e. The topological polar surface area (TPSA) is 81.0 Å². The van der Waals surface area contributed by atoms with Gasteiger partial charge in [0.25, 0.3) is 0 Å². The van der Waals surface area contributed by atoms with Gasteiger partial charge in [0.05, 0.1) is 33.1 Å². The van der Waals surface area contributed by atoms with Gasteiger partial charge in [-0.15, -0.1) is 34.0 Å². The SMILES string of the molecule is Brc1cncc(Br)c1.C.OB(O)c1cccc(-n2c3ccccc3c3c4sc5ccccc5c4ccc32)c1.c1cc(-c2cncc(-c3cccc(-n4c5ccccc5c5c6sc7ccccc7c6ccc54)c3)c2)cc(-n2c3ccccc3c3c4sc5ccccc5c4ccc32)c1. The van der Waals surface area contributed by atoms with Crippen LogP contribution in [0.15, 0.2) is 301 Å². The van der Waals surface area contributed by atoms with E-state index in [9.17, 15) is 10.0 Å². The molecule has 96 heavy (non-hydrogen) atoms. The molecule has 2 N–H and O–H groups in total. The van der Waals surface area contributed by atoms with Crippen LogP contribution in [0.4, 0.5) is 0 Å². The standard InChI is InChI=1S/C53H31N3S2.C24H16BNO2S.C5H3Br2N.CH4/c1-5-19-44-42(17-1)50-46(25-23-40-38-15-3-7-21-48(38)57-52(40)50)55(44)36-13-9-11-32(28-36)34-27-35(31-54-30-34)33-12-10-14-37(29-33)56-45-20-6-2-18-43(45)51-47(56)26-24-41-39-16-4-8-22-49(39)58-53(41)51;27-25(28)15-6-5-7-16(14-15)26-20-10-3-1-9-19(20)23-21(26)13-12-18-17-8-2-4-11-22(17)29-24(18)23;6-4-1-5(7)3-8-2-4;/h1-31H;1-14,27-28H;1-3H;1H4. The average molecular weight is 1420 g/mol. The minimum absolute atomic E-state index is 0. The third-order valence-electron chi connectivity index (χ3n) is 18.3. The first kappa shape index (κ1) is 59.7. The van der Waals surface area contributed by atoms with Gasteiger partial charge in [-0.25, -0.2) is 0 Å². The Kier molecular flexibility index (Phi) is 15.1. The van der Waals surface area contributed by atoms with Gasteiger partial charge in [0.2, 0.25) is 0 Å². The van der Waals surface area contributed by atoms with Crippen molar-refractivity contribution in [1.82, 2.24) is 23.7 Å². The normalized spacial score (nSPS) is 11.7. The van der Waals surface area contributed by atoms with Crippen molar-refractivity contribution in [3.63, 3.8) is 0 Å². The third kappa shape index (κ3) is 9.95. The maximum absolute atomic E-state index is 9.64. The molecule has 20 rings (SSSR count). The fraction of sp³-hybridized carbons (Fsp3) is 0.0120. The predicted octanol–water partition coefficient (Wildman–Crippen LogP) is 23.4. The van der Waals surface area contributed by atoms with E-state index in [1.54, 1.807) is 18.5 Å². The summed E-state index contributed by atoms with van der Waals surface area (Å²) in [5.74, 6) is 0. The summed E-state index contributed by atoms with van der Waals surface area (Å²) in [5.41, 5.74) is 15.2. The summed E-state index contributed by atoms with van der Waals surface area (Å²) in [6, 6.07) is 95.2. The summed E-state index contributed by atoms with van der Waals surface area (Å²) >= 11 is 12.2. The van der Waals surface area contributed by atoms with E-state index in [1.165, 1.54) is 115 Å². The van der Waals surface area contributed by atoms with E-state index in [0.717, 1.165) is 59.3 Å². The zero-order chi connectivity index (χ0) is 63.4. The Morgan fingerprint density at radius 1 is 0.292 bits per heavy atom. The van der Waals surface area contributed by atoms with Crippen molar-refractivity contribution in [2.45, 2.75) is 7.43 Å². The molecule has 0 unspecified atom stereocenters. The number of para-hydroxylation sites is 3. The number of pyridine rings is 2. The predicted molar refractivity (Wildman–Crippen MR) is 419 cm³/mol. The van der Waals surface area contributed by atoms with Crippen molar-refractivity contribution in [3.05, 3.63) is 301 Å². The second-order valence-electron chi connectivity index (χ2n) is 23.7. The van der Waals surface area contributed by atoms with E-state index in [1.807, 2.05) is 76.7 Å². The van der Waals surface area contributed by atoms with Gasteiger partial charge in [-0.3, -0.25) is 9.97 Å². The highest BCUT2D eigenvalue weighted by Gasteiger charge is 2.22. The van der Waals surface area contributed by atoms with Crippen LogP contribution in [0.5, 0.6) is 0 Å².